The molecule has 0 aliphatic carbocycles. The van der Waals surface area contributed by atoms with Crippen LogP contribution in [-0.4, -0.2) is 28.3 Å². The molecule has 2 aromatic carbocycles. The van der Waals surface area contributed by atoms with Gasteiger partial charge in [-0.05, 0) is 28.6 Å². The van der Waals surface area contributed by atoms with Crippen molar-refractivity contribution in [1.82, 2.24) is 15.3 Å². The average molecular weight is 398 g/mol. The number of benzene rings is 2. The van der Waals surface area contributed by atoms with Crippen LogP contribution in [-0.2, 0) is 11.3 Å². The molecule has 0 unspecified atom stereocenters. The Hall–Kier alpha value is -3.66. The number of hydrogen-bond donors (Lipinski definition) is 5. The number of carbonyl (C=O) groups excluding carboxylic acids is 1. The third kappa shape index (κ3) is 4.35. The highest BCUT2D eigenvalue weighted by molar-refractivity contribution is 7.80. The minimum absolute atomic E-state index is 0.0239. The van der Waals surface area contributed by atoms with Gasteiger partial charge >= 0.3 is 6.09 Å². The molecule has 1 heterocycles. The van der Waals surface area contributed by atoms with Crippen LogP contribution < -0.4 is 27.2 Å². The Kier molecular flexibility index (Phi) is 5.70. The molecular weight excluding hydrogens is 380 g/mol. The number of nitrogen functional groups attached to an aromatic ring is 1. The maximum atomic E-state index is 12.3. The Morgan fingerprint density at radius 2 is 2.00 bits per heavy atom. The van der Waals surface area contributed by atoms with E-state index in [1.165, 1.54) is 7.11 Å². The number of thiocarbonyl (C=S) groups is 1. The van der Waals surface area contributed by atoms with Gasteiger partial charge in [-0.2, -0.15) is 4.98 Å². The second-order valence-electron chi connectivity index (χ2n) is 5.74. The maximum Gasteiger partial charge on any atom is 0.413 e. The summed E-state index contributed by atoms with van der Waals surface area (Å²) in [6, 6.07) is 13.9. The number of ether oxygens (including phenoxy) is 1. The number of rotatable bonds is 4. The third-order valence-corrected chi connectivity index (χ3v) is 4.11. The average Bonchev–Trinajstić information content (AvgIpc) is 2.68. The monoisotopic (exact) mass is 398 g/mol. The molecule has 0 spiro atoms. The molecule has 0 aliphatic rings. The summed E-state index contributed by atoms with van der Waals surface area (Å²) in [5.41, 5.74) is 6.16. The number of nitrogens with two attached hydrogens (primary N) is 1. The molecule has 0 saturated carbocycles. The van der Waals surface area contributed by atoms with E-state index in [-0.39, 0.29) is 22.6 Å². The summed E-state index contributed by atoms with van der Waals surface area (Å²) in [4.78, 5) is 30.1. The number of aromatic amines is 1. The number of alkyl carbamates (subject to hydrolysis) is 1. The normalized spacial score (nSPS) is 10.3. The van der Waals surface area contributed by atoms with E-state index < -0.39 is 11.7 Å². The summed E-state index contributed by atoms with van der Waals surface area (Å²) in [5, 5.41) is 10.1. The van der Waals surface area contributed by atoms with E-state index in [1.54, 1.807) is 0 Å². The molecule has 1 aromatic heterocycles. The van der Waals surface area contributed by atoms with Gasteiger partial charge in [0.1, 0.15) is 5.69 Å². The summed E-state index contributed by atoms with van der Waals surface area (Å²) >= 11 is 5.01. The van der Waals surface area contributed by atoms with Crippen LogP contribution in [0.1, 0.15) is 5.56 Å². The fraction of sp³-hybridized carbons (Fsp3) is 0.111. The number of amides is 1. The Morgan fingerprint density at radius 1 is 1.25 bits per heavy atom. The Bertz CT molecular complexity index is 1090. The van der Waals surface area contributed by atoms with Crippen LogP contribution in [0.15, 0.2) is 47.3 Å². The summed E-state index contributed by atoms with van der Waals surface area (Å²) in [5.74, 6) is 0.144. The number of methoxy groups -OCH3 is 1. The minimum atomic E-state index is -0.761. The Morgan fingerprint density at radius 3 is 2.79 bits per heavy atom. The van der Waals surface area contributed by atoms with Gasteiger partial charge in [-0.25, -0.2) is 4.79 Å². The smallest absolute Gasteiger partial charge is 0.413 e. The van der Waals surface area contributed by atoms with Crippen molar-refractivity contribution in [3.63, 3.8) is 0 Å². The van der Waals surface area contributed by atoms with E-state index >= 15 is 0 Å². The first kappa shape index (κ1) is 19.1. The first-order valence-corrected chi connectivity index (χ1v) is 8.65. The molecular formula is C18H18N6O3S. The first-order chi connectivity index (χ1) is 13.5. The number of nitrogens with zero attached hydrogens (tertiary/aromatic N) is 1. The highest BCUT2D eigenvalue weighted by Gasteiger charge is 2.14. The molecule has 3 aromatic rings. The van der Waals surface area contributed by atoms with Gasteiger partial charge in [-0.1, -0.05) is 42.5 Å². The molecule has 0 fully saturated rings. The minimum Gasteiger partial charge on any atom is -0.453 e. The van der Waals surface area contributed by atoms with Gasteiger partial charge < -0.3 is 21.1 Å². The number of fused-ring (bicyclic) bond motifs is 1. The Balaban J connectivity index is 1.86. The lowest BCUT2D eigenvalue weighted by Crippen LogP contribution is -2.36. The van der Waals surface area contributed by atoms with Crippen LogP contribution in [0.25, 0.3) is 10.8 Å². The van der Waals surface area contributed by atoms with E-state index in [0.29, 0.717) is 6.54 Å². The third-order valence-electron chi connectivity index (χ3n) is 3.90. The predicted molar refractivity (Wildman–Crippen MR) is 112 cm³/mol. The molecule has 3 rings (SSSR count). The van der Waals surface area contributed by atoms with Crippen molar-refractivity contribution < 1.29 is 9.53 Å². The lowest BCUT2D eigenvalue weighted by molar-refractivity contribution is 0.177. The molecule has 10 heteroatoms. The van der Waals surface area contributed by atoms with Gasteiger partial charge in [-0.15, -0.1) is 0 Å². The molecule has 0 radical (unpaired) electrons. The second-order valence-corrected chi connectivity index (χ2v) is 6.15. The van der Waals surface area contributed by atoms with Crippen molar-refractivity contribution in [1.29, 1.82) is 0 Å². The summed E-state index contributed by atoms with van der Waals surface area (Å²) in [6.45, 7) is 0.392. The molecule has 0 aliphatic heterocycles. The van der Waals surface area contributed by atoms with E-state index in [9.17, 15) is 9.59 Å². The molecule has 0 bridgehead atoms. The lowest BCUT2D eigenvalue weighted by atomic mass is 10.0. The molecule has 0 saturated heterocycles. The van der Waals surface area contributed by atoms with Crippen molar-refractivity contribution in [2.75, 3.05) is 23.5 Å². The number of hydrogen-bond acceptors (Lipinski definition) is 7. The molecule has 28 heavy (non-hydrogen) atoms. The van der Waals surface area contributed by atoms with Crippen molar-refractivity contribution in [3.05, 3.63) is 58.4 Å². The fourth-order valence-corrected chi connectivity index (χ4v) is 2.83. The van der Waals surface area contributed by atoms with Crippen LogP contribution >= 0.6 is 12.2 Å². The zero-order valence-corrected chi connectivity index (χ0v) is 15.7. The first-order valence-electron chi connectivity index (χ1n) is 8.24. The largest absolute Gasteiger partial charge is 0.453 e. The summed E-state index contributed by atoms with van der Waals surface area (Å²) in [6.07, 6.45) is -0.761. The van der Waals surface area contributed by atoms with Gasteiger partial charge in [0.2, 0.25) is 5.95 Å². The highest BCUT2D eigenvalue weighted by Crippen LogP contribution is 2.21. The highest BCUT2D eigenvalue weighted by atomic mass is 32.1. The van der Waals surface area contributed by atoms with E-state index in [4.69, 9.17) is 18.0 Å². The predicted octanol–water partition coefficient (Wildman–Crippen LogP) is 2.17. The molecule has 9 nitrogen and oxygen atoms in total. The maximum absolute atomic E-state index is 12.3. The van der Waals surface area contributed by atoms with Crippen LogP contribution in [0, 0.1) is 0 Å². The van der Waals surface area contributed by atoms with Crippen molar-refractivity contribution in [2.45, 2.75) is 6.54 Å². The molecule has 0 atom stereocenters. The standard InChI is InChI=1S/C18H18N6O3S/c1-27-18(26)24-17(28)21-13-14(22-16(19)23-15(13)25)20-9-11-7-4-6-10-5-2-3-8-12(10)11/h2-8H,9H2,1H3,(H2,21,24,26,28)(H4,19,20,22,23,25). The van der Waals surface area contributed by atoms with Crippen LogP contribution in [0.5, 0.6) is 0 Å². The van der Waals surface area contributed by atoms with Gasteiger partial charge in [0.05, 0.1) is 7.11 Å². The summed E-state index contributed by atoms with van der Waals surface area (Å²) in [7, 11) is 1.20. The van der Waals surface area contributed by atoms with E-state index in [1.807, 2.05) is 42.5 Å². The number of aromatic nitrogens is 2. The zero-order chi connectivity index (χ0) is 20.1. The molecule has 1 amide bonds. The lowest BCUT2D eigenvalue weighted by Gasteiger charge is -2.14. The Labute approximate surface area is 165 Å². The SMILES string of the molecule is COC(=O)NC(=S)Nc1c(NCc2cccc3ccccc23)nc(N)[nH]c1=O. The number of carbonyl (C=O) groups is 1. The van der Waals surface area contributed by atoms with Crippen molar-refractivity contribution >= 4 is 51.6 Å². The fourth-order valence-electron chi connectivity index (χ4n) is 2.65. The number of nitrogens with one attached hydrogen (secondary N) is 4. The topological polar surface area (TPSA) is 134 Å². The number of H-pyrrole nitrogens is 1. The van der Waals surface area contributed by atoms with E-state index in [2.05, 4.69) is 30.7 Å². The summed E-state index contributed by atoms with van der Waals surface area (Å²) < 4.78 is 4.47. The van der Waals surface area contributed by atoms with Crippen molar-refractivity contribution in [2.24, 2.45) is 0 Å². The second kappa shape index (κ2) is 8.35. The van der Waals surface area contributed by atoms with E-state index in [0.717, 1.165) is 16.3 Å². The molecule has 6 N–H and O–H groups in total. The number of anilines is 3. The van der Waals surface area contributed by atoms with Crippen LogP contribution in [0.3, 0.4) is 0 Å². The zero-order valence-electron chi connectivity index (χ0n) is 14.9. The van der Waals surface area contributed by atoms with Gasteiger partial charge in [-0.3, -0.25) is 15.1 Å². The quantitative estimate of drug-likeness (QED) is 0.422. The molecule has 144 valence electrons. The van der Waals surface area contributed by atoms with Crippen LogP contribution in [0.4, 0.5) is 22.2 Å². The van der Waals surface area contributed by atoms with Gasteiger partial charge in [0.25, 0.3) is 5.56 Å². The van der Waals surface area contributed by atoms with Crippen LogP contribution in [0.2, 0.25) is 0 Å². The van der Waals surface area contributed by atoms with Crippen molar-refractivity contribution in [3.8, 4) is 0 Å². The van der Waals surface area contributed by atoms with Gasteiger partial charge in [0, 0.05) is 6.54 Å². The van der Waals surface area contributed by atoms with Gasteiger partial charge in [0.15, 0.2) is 10.9 Å².